The van der Waals surface area contributed by atoms with Crippen molar-refractivity contribution in [2.24, 2.45) is 0 Å². The van der Waals surface area contributed by atoms with Gasteiger partial charge in [0, 0.05) is 22.3 Å². The number of hydrogen-bond donors (Lipinski definition) is 1. The summed E-state index contributed by atoms with van der Waals surface area (Å²) < 4.78 is 13.3. The normalized spacial score (nSPS) is 11.7. The molecule has 27 heavy (non-hydrogen) atoms. The lowest BCUT2D eigenvalue weighted by molar-refractivity contribution is 0.0939. The predicted octanol–water partition coefficient (Wildman–Crippen LogP) is 4.14. The third-order valence-electron chi connectivity index (χ3n) is 4.19. The second-order valence-corrected chi connectivity index (χ2v) is 6.87. The summed E-state index contributed by atoms with van der Waals surface area (Å²) in [7, 11) is 3.19. The number of methoxy groups -OCH3 is 2. The molecule has 0 spiro atoms. The molecule has 3 rings (SSSR count). The number of carbonyl (C=O) groups excluding carboxylic acids is 1. The number of carbonyl (C=O) groups is 1. The first-order valence-corrected chi connectivity index (χ1v) is 9.14. The first-order chi connectivity index (χ1) is 13.0. The van der Waals surface area contributed by atoms with Gasteiger partial charge in [0.2, 0.25) is 0 Å². The number of benzene rings is 2. The van der Waals surface area contributed by atoms with Gasteiger partial charge in [-0.15, -0.1) is 0 Å². The minimum absolute atomic E-state index is 0.205. The van der Waals surface area contributed by atoms with Gasteiger partial charge < -0.3 is 14.8 Å². The zero-order chi connectivity index (χ0) is 19.4. The van der Waals surface area contributed by atoms with Crippen molar-refractivity contribution in [3.63, 3.8) is 0 Å². The van der Waals surface area contributed by atoms with E-state index in [1.165, 1.54) is 0 Å². The number of ether oxygens (including phenoxy) is 2. The fraction of sp³-hybridized carbons (Fsp3) is 0.200. The summed E-state index contributed by atoms with van der Waals surface area (Å²) >= 11 is 3.40. The zero-order valence-corrected chi connectivity index (χ0v) is 16.9. The molecule has 6 nitrogen and oxygen atoms in total. The Hall–Kier alpha value is -2.80. The molecule has 0 radical (unpaired) electrons. The summed E-state index contributed by atoms with van der Waals surface area (Å²) in [6.45, 7) is 1.90. The number of aromatic nitrogens is 2. The number of rotatable bonds is 6. The van der Waals surface area contributed by atoms with Crippen LogP contribution in [-0.2, 0) is 0 Å². The van der Waals surface area contributed by atoms with Crippen molar-refractivity contribution in [3.05, 3.63) is 70.5 Å². The van der Waals surface area contributed by atoms with Gasteiger partial charge in [0.15, 0.2) is 0 Å². The maximum absolute atomic E-state index is 12.6. The summed E-state index contributed by atoms with van der Waals surface area (Å²) in [4.78, 5) is 12.6. The fourth-order valence-electron chi connectivity index (χ4n) is 2.71. The van der Waals surface area contributed by atoms with E-state index in [4.69, 9.17) is 9.47 Å². The lowest BCUT2D eigenvalue weighted by atomic mass is 10.1. The maximum atomic E-state index is 12.6. The Morgan fingerprint density at radius 2 is 1.89 bits per heavy atom. The predicted molar refractivity (Wildman–Crippen MR) is 107 cm³/mol. The van der Waals surface area contributed by atoms with Crippen LogP contribution in [-0.4, -0.2) is 29.9 Å². The van der Waals surface area contributed by atoms with Crippen LogP contribution in [0.3, 0.4) is 0 Å². The Balaban J connectivity index is 1.75. The van der Waals surface area contributed by atoms with E-state index in [1.807, 2.05) is 43.3 Å². The average molecular weight is 430 g/mol. The van der Waals surface area contributed by atoms with Gasteiger partial charge in [-0.25, -0.2) is 4.68 Å². The van der Waals surface area contributed by atoms with Crippen LogP contribution in [0.4, 0.5) is 0 Å². The van der Waals surface area contributed by atoms with Gasteiger partial charge in [-0.3, -0.25) is 4.79 Å². The average Bonchev–Trinajstić information content (AvgIpc) is 3.18. The summed E-state index contributed by atoms with van der Waals surface area (Å²) in [5, 5.41) is 7.25. The van der Waals surface area contributed by atoms with Crippen molar-refractivity contribution in [1.82, 2.24) is 15.1 Å². The molecule has 2 aromatic carbocycles. The quantitative estimate of drug-likeness (QED) is 0.639. The molecule has 3 aromatic rings. The molecule has 0 fully saturated rings. The van der Waals surface area contributed by atoms with Crippen LogP contribution in [0.1, 0.15) is 28.9 Å². The second-order valence-electron chi connectivity index (χ2n) is 5.95. The van der Waals surface area contributed by atoms with E-state index in [1.54, 1.807) is 37.4 Å². The number of hydrogen-bond acceptors (Lipinski definition) is 4. The van der Waals surface area contributed by atoms with Crippen molar-refractivity contribution in [3.8, 4) is 17.2 Å². The number of halogens is 1. The largest absolute Gasteiger partial charge is 0.497 e. The highest BCUT2D eigenvalue weighted by Gasteiger charge is 2.17. The molecule has 7 heteroatoms. The molecule has 1 unspecified atom stereocenters. The molecule has 0 saturated carbocycles. The Kier molecular flexibility index (Phi) is 5.81. The van der Waals surface area contributed by atoms with Crippen LogP contribution >= 0.6 is 15.9 Å². The Morgan fingerprint density at radius 1 is 1.15 bits per heavy atom. The van der Waals surface area contributed by atoms with Crippen molar-refractivity contribution in [2.75, 3.05) is 14.2 Å². The van der Waals surface area contributed by atoms with Gasteiger partial charge in [-0.1, -0.05) is 15.9 Å². The monoisotopic (exact) mass is 429 g/mol. The van der Waals surface area contributed by atoms with E-state index in [0.29, 0.717) is 17.1 Å². The molecule has 1 heterocycles. The number of nitrogens with zero attached hydrogens (tertiary/aromatic N) is 2. The van der Waals surface area contributed by atoms with Gasteiger partial charge in [0.1, 0.15) is 11.5 Å². The number of nitrogens with one attached hydrogen (secondary N) is 1. The highest BCUT2D eigenvalue weighted by Crippen LogP contribution is 2.29. The van der Waals surface area contributed by atoms with Crippen LogP contribution in [0.25, 0.3) is 5.69 Å². The molecule has 140 valence electrons. The van der Waals surface area contributed by atoms with Crippen molar-refractivity contribution < 1.29 is 14.3 Å². The molecule has 1 aromatic heterocycles. The number of amides is 1. The first kappa shape index (κ1) is 19.0. The molecule has 1 amide bonds. The summed E-state index contributed by atoms with van der Waals surface area (Å²) in [5.74, 6) is 1.15. The standard InChI is InChI=1S/C20H20BrN3O3/c1-13(18-9-8-17(26-2)10-19(18)27-3)23-20(25)14-11-22-24(12-14)16-6-4-15(21)5-7-16/h4-13H,1-3H3,(H,23,25). The molecule has 1 N–H and O–H groups in total. The Bertz CT molecular complexity index is 938. The third kappa shape index (κ3) is 4.31. The Morgan fingerprint density at radius 3 is 2.56 bits per heavy atom. The van der Waals surface area contributed by atoms with Gasteiger partial charge in [0.05, 0.1) is 37.7 Å². The van der Waals surface area contributed by atoms with Gasteiger partial charge in [0.25, 0.3) is 5.91 Å². The van der Waals surface area contributed by atoms with Crippen molar-refractivity contribution in [1.29, 1.82) is 0 Å². The van der Waals surface area contributed by atoms with E-state index >= 15 is 0 Å². The van der Waals surface area contributed by atoms with Crippen molar-refractivity contribution in [2.45, 2.75) is 13.0 Å². The molecule has 0 saturated heterocycles. The minimum Gasteiger partial charge on any atom is -0.497 e. The molecule has 0 aliphatic rings. The molecule has 0 aliphatic heterocycles. The minimum atomic E-state index is -0.241. The Labute approximate surface area is 166 Å². The summed E-state index contributed by atoms with van der Waals surface area (Å²) in [5.41, 5.74) is 2.23. The molecule has 0 aliphatic carbocycles. The van der Waals surface area contributed by atoms with E-state index in [2.05, 4.69) is 26.3 Å². The van der Waals surface area contributed by atoms with Gasteiger partial charge >= 0.3 is 0 Å². The van der Waals surface area contributed by atoms with Crippen molar-refractivity contribution >= 4 is 21.8 Å². The maximum Gasteiger partial charge on any atom is 0.254 e. The second kappa shape index (κ2) is 8.26. The van der Waals surface area contributed by atoms with E-state index in [9.17, 15) is 4.79 Å². The lowest BCUT2D eigenvalue weighted by Gasteiger charge is -2.17. The summed E-state index contributed by atoms with van der Waals surface area (Å²) in [6, 6.07) is 13.0. The zero-order valence-electron chi connectivity index (χ0n) is 15.3. The van der Waals surface area contributed by atoms with E-state index in [-0.39, 0.29) is 11.9 Å². The molecular weight excluding hydrogens is 410 g/mol. The molecular formula is C20H20BrN3O3. The third-order valence-corrected chi connectivity index (χ3v) is 4.72. The first-order valence-electron chi connectivity index (χ1n) is 8.35. The molecule has 0 bridgehead atoms. The van der Waals surface area contributed by atoms with Crippen LogP contribution in [0.5, 0.6) is 11.5 Å². The van der Waals surface area contributed by atoms with E-state index in [0.717, 1.165) is 15.7 Å². The van der Waals surface area contributed by atoms with Crippen LogP contribution in [0, 0.1) is 0 Å². The van der Waals surface area contributed by atoms with Crippen LogP contribution in [0.15, 0.2) is 59.3 Å². The smallest absolute Gasteiger partial charge is 0.254 e. The highest BCUT2D eigenvalue weighted by molar-refractivity contribution is 9.10. The van der Waals surface area contributed by atoms with Crippen LogP contribution in [0.2, 0.25) is 0 Å². The lowest BCUT2D eigenvalue weighted by Crippen LogP contribution is -2.26. The van der Waals surface area contributed by atoms with Gasteiger partial charge in [-0.05, 0) is 43.3 Å². The summed E-state index contributed by atoms with van der Waals surface area (Å²) in [6.07, 6.45) is 3.26. The van der Waals surface area contributed by atoms with Crippen LogP contribution < -0.4 is 14.8 Å². The van der Waals surface area contributed by atoms with Gasteiger partial charge in [-0.2, -0.15) is 5.10 Å². The SMILES string of the molecule is COc1ccc(C(C)NC(=O)c2cnn(-c3ccc(Br)cc3)c2)c(OC)c1. The molecule has 1 atom stereocenters. The fourth-order valence-corrected chi connectivity index (χ4v) is 2.97. The topological polar surface area (TPSA) is 65.4 Å². The highest BCUT2D eigenvalue weighted by atomic mass is 79.9. The van der Waals surface area contributed by atoms with E-state index < -0.39 is 0 Å².